The lowest BCUT2D eigenvalue weighted by molar-refractivity contribution is 0.317. The lowest BCUT2D eigenvalue weighted by Gasteiger charge is -2.04. The van der Waals surface area contributed by atoms with Crippen LogP contribution in [-0.2, 0) is 0 Å². The van der Waals surface area contributed by atoms with Crippen LogP contribution in [0.5, 0.6) is 5.75 Å². The predicted octanol–water partition coefficient (Wildman–Crippen LogP) is 3.15. The highest BCUT2D eigenvalue weighted by Crippen LogP contribution is 2.23. The Morgan fingerprint density at radius 1 is 1.33 bits per heavy atom. The maximum absolute atomic E-state index is 5.73. The smallest absolute Gasteiger partial charge is 0.153 e. The van der Waals surface area contributed by atoms with Gasteiger partial charge in [0.2, 0.25) is 0 Å². The van der Waals surface area contributed by atoms with Gasteiger partial charge in [-0.2, -0.15) is 0 Å². The normalized spacial score (nSPS) is 12.4. The monoisotopic (exact) mass is 246 g/mol. The molecule has 0 saturated heterocycles. The Morgan fingerprint density at radius 2 is 2.06 bits per heavy atom. The first-order valence-electron chi connectivity index (χ1n) is 6.16. The van der Waals surface area contributed by atoms with Crippen molar-refractivity contribution in [3.63, 3.8) is 0 Å². The topological polar surface area (TPSA) is 61.3 Å². The van der Waals surface area contributed by atoms with Gasteiger partial charge in [0.15, 0.2) is 5.76 Å². The molecule has 2 aromatic rings. The van der Waals surface area contributed by atoms with Crippen LogP contribution in [0.4, 0.5) is 0 Å². The minimum atomic E-state index is -0.140. The maximum atomic E-state index is 5.73. The highest BCUT2D eigenvalue weighted by molar-refractivity contribution is 5.59. The van der Waals surface area contributed by atoms with Gasteiger partial charge in [-0.15, -0.1) is 0 Å². The van der Waals surface area contributed by atoms with E-state index < -0.39 is 0 Å². The van der Waals surface area contributed by atoms with Gasteiger partial charge in [0.05, 0.1) is 12.6 Å². The largest absolute Gasteiger partial charge is 0.494 e. The average molecular weight is 246 g/mol. The van der Waals surface area contributed by atoms with Gasteiger partial charge in [-0.1, -0.05) is 12.1 Å². The van der Waals surface area contributed by atoms with Crippen LogP contribution in [0.15, 0.2) is 34.9 Å². The summed E-state index contributed by atoms with van der Waals surface area (Å²) in [5.74, 6) is 1.56. The molecule has 2 N–H and O–H groups in total. The van der Waals surface area contributed by atoms with Gasteiger partial charge in [-0.25, -0.2) is 0 Å². The van der Waals surface area contributed by atoms with Gasteiger partial charge in [0.1, 0.15) is 11.4 Å². The van der Waals surface area contributed by atoms with E-state index in [0.717, 1.165) is 30.0 Å². The van der Waals surface area contributed by atoms with Crippen LogP contribution in [0.2, 0.25) is 0 Å². The summed E-state index contributed by atoms with van der Waals surface area (Å²) < 4.78 is 10.7. The summed E-state index contributed by atoms with van der Waals surface area (Å²) in [6.45, 7) is 4.68. The molecule has 0 aliphatic carbocycles. The summed E-state index contributed by atoms with van der Waals surface area (Å²) in [4.78, 5) is 0. The molecule has 0 radical (unpaired) electrons. The van der Waals surface area contributed by atoms with Crippen molar-refractivity contribution in [2.75, 3.05) is 6.61 Å². The highest BCUT2D eigenvalue weighted by atomic mass is 16.5. The molecule has 2 rings (SSSR count). The number of hydrogen-bond donors (Lipinski definition) is 1. The Morgan fingerprint density at radius 3 is 2.61 bits per heavy atom. The summed E-state index contributed by atoms with van der Waals surface area (Å²) in [5, 5.41) is 4.00. The van der Waals surface area contributed by atoms with Crippen molar-refractivity contribution in [3.8, 4) is 17.0 Å². The molecule has 18 heavy (non-hydrogen) atoms. The molecule has 0 aliphatic heterocycles. The van der Waals surface area contributed by atoms with Crippen molar-refractivity contribution in [3.05, 3.63) is 36.1 Å². The van der Waals surface area contributed by atoms with E-state index in [1.807, 2.05) is 37.3 Å². The number of rotatable bonds is 5. The molecule has 1 unspecified atom stereocenters. The molecule has 0 aliphatic rings. The lowest BCUT2D eigenvalue weighted by atomic mass is 10.1. The molecule has 96 valence electrons. The van der Waals surface area contributed by atoms with Crippen molar-refractivity contribution in [1.29, 1.82) is 0 Å². The zero-order valence-electron chi connectivity index (χ0n) is 10.7. The molecule has 1 aromatic heterocycles. The third-order valence-corrected chi connectivity index (χ3v) is 2.60. The van der Waals surface area contributed by atoms with Crippen LogP contribution < -0.4 is 10.5 Å². The van der Waals surface area contributed by atoms with Crippen LogP contribution in [-0.4, -0.2) is 11.8 Å². The van der Waals surface area contributed by atoms with Crippen LogP contribution in [0.1, 0.15) is 32.1 Å². The first kappa shape index (κ1) is 12.6. The molecule has 0 amide bonds. The van der Waals surface area contributed by atoms with E-state index in [9.17, 15) is 0 Å². The van der Waals surface area contributed by atoms with E-state index in [1.165, 1.54) is 0 Å². The van der Waals surface area contributed by atoms with Crippen molar-refractivity contribution in [1.82, 2.24) is 5.16 Å². The Labute approximate surface area is 107 Å². The second kappa shape index (κ2) is 5.69. The number of aromatic nitrogens is 1. The van der Waals surface area contributed by atoms with E-state index in [2.05, 4.69) is 12.1 Å². The molecule has 4 heteroatoms. The quantitative estimate of drug-likeness (QED) is 0.880. The summed E-state index contributed by atoms with van der Waals surface area (Å²) in [7, 11) is 0. The zero-order chi connectivity index (χ0) is 13.0. The highest BCUT2D eigenvalue weighted by Gasteiger charge is 2.09. The molecule has 1 heterocycles. The first-order chi connectivity index (χ1) is 8.70. The fourth-order valence-electron chi connectivity index (χ4n) is 1.58. The third-order valence-electron chi connectivity index (χ3n) is 2.60. The predicted molar refractivity (Wildman–Crippen MR) is 70.3 cm³/mol. The van der Waals surface area contributed by atoms with E-state index in [4.69, 9.17) is 15.0 Å². The molecule has 0 bridgehead atoms. The second-order valence-electron chi connectivity index (χ2n) is 4.28. The second-order valence-corrected chi connectivity index (χ2v) is 4.28. The zero-order valence-corrected chi connectivity index (χ0v) is 10.7. The lowest BCUT2D eigenvalue weighted by Crippen LogP contribution is -2.02. The SMILES string of the molecule is CCCOc1ccc(-c2cc(C(C)N)on2)cc1. The van der Waals surface area contributed by atoms with E-state index in [0.29, 0.717) is 5.76 Å². The minimum Gasteiger partial charge on any atom is -0.494 e. The fraction of sp³-hybridized carbons (Fsp3) is 0.357. The maximum Gasteiger partial charge on any atom is 0.153 e. The summed E-state index contributed by atoms with van der Waals surface area (Å²) in [5.41, 5.74) is 7.52. The van der Waals surface area contributed by atoms with Crippen molar-refractivity contribution in [2.24, 2.45) is 5.73 Å². The number of hydrogen-bond acceptors (Lipinski definition) is 4. The first-order valence-corrected chi connectivity index (χ1v) is 6.16. The van der Waals surface area contributed by atoms with Crippen LogP contribution in [0, 0.1) is 0 Å². The molecule has 0 spiro atoms. The Kier molecular flexibility index (Phi) is 3.99. The number of nitrogens with two attached hydrogens (primary N) is 1. The molecule has 0 saturated carbocycles. The number of nitrogens with zero attached hydrogens (tertiary/aromatic N) is 1. The fourth-order valence-corrected chi connectivity index (χ4v) is 1.58. The van der Waals surface area contributed by atoms with E-state index in [-0.39, 0.29) is 6.04 Å². The van der Waals surface area contributed by atoms with Crippen molar-refractivity contribution < 1.29 is 9.26 Å². The molecule has 1 aromatic carbocycles. The Bertz CT molecular complexity index is 489. The van der Waals surface area contributed by atoms with Gasteiger partial charge in [0, 0.05) is 11.6 Å². The van der Waals surface area contributed by atoms with Crippen molar-refractivity contribution in [2.45, 2.75) is 26.3 Å². The van der Waals surface area contributed by atoms with Gasteiger partial charge >= 0.3 is 0 Å². The summed E-state index contributed by atoms with van der Waals surface area (Å²) in [6, 6.07) is 9.53. The summed E-state index contributed by atoms with van der Waals surface area (Å²) in [6.07, 6.45) is 1.00. The number of ether oxygens (including phenoxy) is 1. The summed E-state index contributed by atoms with van der Waals surface area (Å²) >= 11 is 0. The van der Waals surface area contributed by atoms with Gasteiger partial charge in [0.25, 0.3) is 0 Å². The molecular weight excluding hydrogens is 228 g/mol. The average Bonchev–Trinajstić information content (AvgIpc) is 2.87. The Hall–Kier alpha value is -1.81. The third kappa shape index (κ3) is 2.90. The molecule has 4 nitrogen and oxygen atoms in total. The van der Waals surface area contributed by atoms with E-state index >= 15 is 0 Å². The van der Waals surface area contributed by atoms with Gasteiger partial charge in [-0.3, -0.25) is 0 Å². The molecule has 0 fully saturated rings. The van der Waals surface area contributed by atoms with Crippen LogP contribution in [0.3, 0.4) is 0 Å². The van der Waals surface area contributed by atoms with Crippen LogP contribution >= 0.6 is 0 Å². The van der Waals surface area contributed by atoms with Crippen LogP contribution in [0.25, 0.3) is 11.3 Å². The number of benzene rings is 1. The minimum absolute atomic E-state index is 0.140. The van der Waals surface area contributed by atoms with Gasteiger partial charge < -0.3 is 15.0 Å². The Balaban J connectivity index is 2.12. The van der Waals surface area contributed by atoms with E-state index in [1.54, 1.807) is 0 Å². The molecule has 1 atom stereocenters. The molecular formula is C14H18N2O2. The van der Waals surface area contributed by atoms with Gasteiger partial charge in [-0.05, 0) is 37.6 Å². The standard InChI is InChI=1S/C14H18N2O2/c1-3-8-17-12-6-4-11(5-7-12)13-9-14(10(2)15)18-16-13/h4-7,9-10H,3,8,15H2,1-2H3. The van der Waals surface area contributed by atoms with Crippen molar-refractivity contribution >= 4 is 0 Å².